The molecule has 0 fully saturated rings. The maximum Gasteiger partial charge on any atom is 0.194 e. The van der Waals surface area contributed by atoms with E-state index in [9.17, 15) is 0 Å². The molecule has 0 radical (unpaired) electrons. The van der Waals surface area contributed by atoms with Crippen molar-refractivity contribution in [2.24, 2.45) is 12.0 Å². The number of aliphatic imine (C=N–C) groups is 1. The van der Waals surface area contributed by atoms with Crippen molar-refractivity contribution >= 4 is 5.96 Å². The number of nitrogens with one attached hydrogen (secondary N) is 1. The third kappa shape index (κ3) is 6.98. The van der Waals surface area contributed by atoms with Gasteiger partial charge in [-0.15, -0.1) is 0 Å². The zero-order chi connectivity index (χ0) is 19.5. The Labute approximate surface area is 162 Å². The van der Waals surface area contributed by atoms with E-state index < -0.39 is 0 Å². The van der Waals surface area contributed by atoms with Crippen molar-refractivity contribution in [3.05, 3.63) is 53.9 Å². The molecule has 0 atom stereocenters. The zero-order valence-electron chi connectivity index (χ0n) is 16.9. The average molecular weight is 373 g/mol. The van der Waals surface area contributed by atoms with Gasteiger partial charge in [-0.3, -0.25) is 0 Å². The number of guanidine groups is 1. The number of aromatic nitrogens is 1. The monoisotopic (exact) mass is 372 g/mol. The standard InChI is InChI=1S/C21H32N4O2/c1-5-22-21(25(3)17-19-10-7-12-24(19)2)23-16-18-9-6-11-20(15-18)27-14-8-13-26-4/h6-7,9-12,15H,5,8,13-14,16-17H2,1-4H3,(H,22,23). The summed E-state index contributed by atoms with van der Waals surface area (Å²) in [5.74, 6) is 1.77. The predicted octanol–water partition coefficient (Wildman–Crippen LogP) is 3.04. The Bertz CT molecular complexity index is 712. The van der Waals surface area contributed by atoms with Crippen LogP contribution < -0.4 is 10.1 Å². The number of hydrogen-bond donors (Lipinski definition) is 1. The highest BCUT2D eigenvalue weighted by Crippen LogP contribution is 2.14. The van der Waals surface area contributed by atoms with Gasteiger partial charge in [-0.1, -0.05) is 12.1 Å². The molecule has 148 valence electrons. The molecule has 0 spiro atoms. The van der Waals surface area contributed by atoms with Crippen LogP contribution in [0.4, 0.5) is 0 Å². The third-order valence-electron chi connectivity index (χ3n) is 4.22. The molecule has 0 aliphatic heterocycles. The molecular formula is C21H32N4O2. The Hall–Kier alpha value is -2.47. The Balaban J connectivity index is 1.98. The first kappa shape index (κ1) is 20.8. The van der Waals surface area contributed by atoms with Crippen molar-refractivity contribution in [3.8, 4) is 5.75 Å². The Kier molecular flexibility index (Phi) is 8.71. The molecule has 0 saturated heterocycles. The highest BCUT2D eigenvalue weighted by Gasteiger charge is 2.08. The molecule has 0 aliphatic carbocycles. The lowest BCUT2D eigenvalue weighted by atomic mass is 10.2. The summed E-state index contributed by atoms with van der Waals surface area (Å²) < 4.78 is 13.0. The lowest BCUT2D eigenvalue weighted by molar-refractivity contribution is 0.172. The van der Waals surface area contributed by atoms with Crippen molar-refractivity contribution in [1.82, 2.24) is 14.8 Å². The van der Waals surface area contributed by atoms with Crippen LogP contribution in [0.1, 0.15) is 24.6 Å². The third-order valence-corrected chi connectivity index (χ3v) is 4.22. The number of benzene rings is 1. The lowest BCUT2D eigenvalue weighted by Crippen LogP contribution is -2.38. The van der Waals surface area contributed by atoms with Crippen molar-refractivity contribution in [3.63, 3.8) is 0 Å². The van der Waals surface area contributed by atoms with Crippen LogP contribution in [0.5, 0.6) is 5.75 Å². The van der Waals surface area contributed by atoms with E-state index >= 15 is 0 Å². The highest BCUT2D eigenvalue weighted by molar-refractivity contribution is 5.79. The maximum atomic E-state index is 5.78. The van der Waals surface area contributed by atoms with Crippen LogP contribution >= 0.6 is 0 Å². The highest BCUT2D eigenvalue weighted by atomic mass is 16.5. The van der Waals surface area contributed by atoms with Crippen molar-refractivity contribution in [2.45, 2.75) is 26.4 Å². The van der Waals surface area contributed by atoms with Crippen molar-refractivity contribution in [1.29, 1.82) is 0 Å². The second-order valence-corrected chi connectivity index (χ2v) is 6.48. The summed E-state index contributed by atoms with van der Waals surface area (Å²) in [6.07, 6.45) is 2.94. The Morgan fingerprint density at radius 3 is 2.78 bits per heavy atom. The van der Waals surface area contributed by atoms with E-state index in [1.165, 1.54) is 5.69 Å². The minimum atomic E-state index is 0.606. The lowest BCUT2D eigenvalue weighted by Gasteiger charge is -2.22. The largest absolute Gasteiger partial charge is 0.493 e. The maximum absolute atomic E-state index is 5.78. The van der Waals surface area contributed by atoms with Gasteiger partial charge in [0.25, 0.3) is 0 Å². The van der Waals surface area contributed by atoms with E-state index in [0.29, 0.717) is 19.8 Å². The quantitative estimate of drug-likeness (QED) is 0.396. The van der Waals surface area contributed by atoms with E-state index in [1.807, 2.05) is 12.1 Å². The van der Waals surface area contributed by atoms with Gasteiger partial charge in [0.15, 0.2) is 5.96 Å². The number of hydrogen-bond acceptors (Lipinski definition) is 3. The van der Waals surface area contributed by atoms with Crippen LogP contribution in [0.15, 0.2) is 47.6 Å². The number of nitrogens with zero attached hydrogens (tertiary/aromatic N) is 3. The molecular weight excluding hydrogens is 340 g/mol. The molecule has 6 nitrogen and oxygen atoms in total. The molecule has 1 heterocycles. The van der Waals surface area contributed by atoms with Gasteiger partial charge >= 0.3 is 0 Å². The summed E-state index contributed by atoms with van der Waals surface area (Å²) in [6.45, 7) is 5.69. The molecule has 0 amide bonds. The smallest absolute Gasteiger partial charge is 0.194 e. The first-order valence-corrected chi connectivity index (χ1v) is 9.44. The first-order valence-electron chi connectivity index (χ1n) is 9.44. The molecule has 27 heavy (non-hydrogen) atoms. The second-order valence-electron chi connectivity index (χ2n) is 6.48. The minimum Gasteiger partial charge on any atom is -0.493 e. The molecule has 2 aromatic rings. The minimum absolute atomic E-state index is 0.606. The fourth-order valence-corrected chi connectivity index (χ4v) is 2.74. The number of aryl methyl sites for hydroxylation is 1. The van der Waals surface area contributed by atoms with E-state index in [4.69, 9.17) is 14.5 Å². The molecule has 1 N–H and O–H groups in total. The van der Waals surface area contributed by atoms with Gasteiger partial charge in [0.1, 0.15) is 5.75 Å². The van der Waals surface area contributed by atoms with Gasteiger partial charge < -0.3 is 24.3 Å². The first-order chi connectivity index (χ1) is 13.1. The molecule has 0 unspecified atom stereocenters. The molecule has 2 rings (SSSR count). The number of ether oxygens (including phenoxy) is 2. The normalized spacial score (nSPS) is 11.5. The molecule has 6 heteroatoms. The van der Waals surface area contributed by atoms with Crippen LogP contribution in [0, 0.1) is 0 Å². The van der Waals surface area contributed by atoms with Crippen LogP contribution in [-0.2, 0) is 24.9 Å². The van der Waals surface area contributed by atoms with Gasteiger partial charge in [-0.05, 0) is 36.8 Å². The SMILES string of the molecule is CCNC(=NCc1cccc(OCCCOC)c1)N(C)Cc1cccn1C. The Morgan fingerprint density at radius 2 is 2.07 bits per heavy atom. The van der Waals surface area contributed by atoms with E-state index in [1.54, 1.807) is 7.11 Å². The molecule has 0 saturated carbocycles. The zero-order valence-corrected chi connectivity index (χ0v) is 16.9. The summed E-state index contributed by atoms with van der Waals surface area (Å²) >= 11 is 0. The van der Waals surface area contributed by atoms with Gasteiger partial charge in [0, 0.05) is 52.7 Å². The summed E-state index contributed by atoms with van der Waals surface area (Å²) in [5.41, 5.74) is 2.37. The second kappa shape index (κ2) is 11.3. The molecule has 0 bridgehead atoms. The summed E-state index contributed by atoms with van der Waals surface area (Å²) in [5, 5.41) is 3.37. The van der Waals surface area contributed by atoms with Crippen LogP contribution in [0.3, 0.4) is 0 Å². The summed E-state index contributed by atoms with van der Waals surface area (Å²) in [7, 11) is 5.82. The van der Waals surface area contributed by atoms with Gasteiger partial charge in [0.2, 0.25) is 0 Å². The van der Waals surface area contributed by atoms with Gasteiger partial charge in [0.05, 0.1) is 19.7 Å². The van der Waals surface area contributed by atoms with Gasteiger partial charge in [-0.25, -0.2) is 4.99 Å². The number of rotatable bonds is 10. The fraction of sp³-hybridized carbons (Fsp3) is 0.476. The van der Waals surface area contributed by atoms with E-state index in [2.05, 4.69) is 66.3 Å². The summed E-state index contributed by atoms with van der Waals surface area (Å²) in [4.78, 5) is 6.93. The van der Waals surface area contributed by atoms with Crippen molar-refractivity contribution in [2.75, 3.05) is 33.9 Å². The Morgan fingerprint density at radius 1 is 1.22 bits per heavy atom. The van der Waals surface area contributed by atoms with Gasteiger partial charge in [-0.2, -0.15) is 0 Å². The average Bonchev–Trinajstić information content (AvgIpc) is 3.07. The summed E-state index contributed by atoms with van der Waals surface area (Å²) in [6, 6.07) is 12.3. The molecule has 0 aliphatic rings. The van der Waals surface area contributed by atoms with Crippen LogP contribution in [-0.4, -0.2) is 49.3 Å². The van der Waals surface area contributed by atoms with Crippen LogP contribution in [0.25, 0.3) is 0 Å². The molecule has 1 aromatic carbocycles. The van der Waals surface area contributed by atoms with E-state index in [-0.39, 0.29) is 0 Å². The van der Waals surface area contributed by atoms with Crippen molar-refractivity contribution < 1.29 is 9.47 Å². The molecule has 1 aromatic heterocycles. The van der Waals surface area contributed by atoms with E-state index in [0.717, 1.165) is 36.8 Å². The van der Waals surface area contributed by atoms with Crippen LogP contribution in [0.2, 0.25) is 0 Å². The fourth-order valence-electron chi connectivity index (χ4n) is 2.74. The topological polar surface area (TPSA) is 51.0 Å². The predicted molar refractivity (Wildman–Crippen MR) is 110 cm³/mol. The number of methoxy groups -OCH3 is 1.